The van der Waals surface area contributed by atoms with Crippen molar-refractivity contribution < 1.29 is 19.4 Å². The van der Waals surface area contributed by atoms with Crippen LogP contribution in [0.1, 0.15) is 52.3 Å². The van der Waals surface area contributed by atoms with Gasteiger partial charge >= 0.3 is 0 Å². The number of fused-ring (bicyclic) bond motifs is 1. The smallest absolute Gasteiger partial charge is 0.296 e. The van der Waals surface area contributed by atoms with Gasteiger partial charge in [0.05, 0.1) is 28.8 Å². The molecule has 4 aromatic carbocycles. The van der Waals surface area contributed by atoms with Crippen molar-refractivity contribution in [2.45, 2.75) is 42.8 Å². The van der Waals surface area contributed by atoms with E-state index in [0.717, 1.165) is 23.8 Å². The Hall–Kier alpha value is -4.84. The van der Waals surface area contributed by atoms with Gasteiger partial charge in [-0.05, 0) is 47.4 Å². The number of hydrogen-bond donors (Lipinski definition) is 1. The molecule has 1 aliphatic heterocycles. The van der Waals surface area contributed by atoms with Crippen LogP contribution < -0.4 is 9.64 Å². The first-order chi connectivity index (χ1) is 23.9. The zero-order valence-corrected chi connectivity index (χ0v) is 29.3. The summed E-state index contributed by atoms with van der Waals surface area (Å²) in [4.78, 5) is 34.6. The third-order valence-electron chi connectivity index (χ3n) is 8.27. The first-order valence-electron chi connectivity index (χ1n) is 15.9. The van der Waals surface area contributed by atoms with Crippen LogP contribution in [0.15, 0.2) is 113 Å². The molecule has 1 N–H and O–H groups in total. The van der Waals surface area contributed by atoms with Crippen molar-refractivity contribution in [2.24, 2.45) is 0 Å². The number of nitrogens with zero attached hydrogens (tertiary/aromatic N) is 4. The highest BCUT2D eigenvalue weighted by Crippen LogP contribution is 2.45. The molecule has 11 heteroatoms. The summed E-state index contributed by atoms with van der Waals surface area (Å²) in [6.07, 6.45) is 1.94. The van der Waals surface area contributed by atoms with Gasteiger partial charge in [-0.1, -0.05) is 121 Å². The summed E-state index contributed by atoms with van der Waals surface area (Å²) < 4.78 is 6.54. The molecular weight excluding hydrogens is 673 g/mol. The van der Waals surface area contributed by atoms with E-state index >= 15 is 0 Å². The Balaban J connectivity index is 1.22. The summed E-state index contributed by atoms with van der Waals surface area (Å²) in [5.41, 5.74) is 3.19. The molecule has 6 aromatic rings. The number of unbranched alkanes of at least 4 members (excludes halogenated alkanes) is 1. The lowest BCUT2D eigenvalue weighted by Crippen LogP contribution is -2.31. The van der Waals surface area contributed by atoms with Gasteiger partial charge in [0.15, 0.2) is 10.1 Å². The van der Waals surface area contributed by atoms with Crippen LogP contribution >= 0.6 is 34.4 Å². The number of carbonyl (C=O) groups is 2. The number of rotatable bonds is 12. The molecule has 0 aliphatic carbocycles. The zero-order chi connectivity index (χ0) is 33.9. The second kappa shape index (κ2) is 14.3. The monoisotopic (exact) mass is 704 g/mol. The number of aliphatic hydroxyl groups is 1. The Bertz CT molecular complexity index is 2170. The first-order valence-corrected chi connectivity index (χ1v) is 18.5. The molecule has 1 amide bonds. The van der Waals surface area contributed by atoms with Gasteiger partial charge in [-0.25, -0.2) is 4.98 Å². The van der Waals surface area contributed by atoms with Crippen molar-refractivity contribution >= 4 is 62.0 Å². The maximum Gasteiger partial charge on any atom is 0.296 e. The Kier molecular flexibility index (Phi) is 9.56. The molecule has 0 saturated heterocycles. The Labute approximate surface area is 296 Å². The molecule has 0 bridgehead atoms. The number of Topliss-reactive ketones (excluding diaryl/α,β-unsaturated/α-hetero) is 1. The van der Waals surface area contributed by atoms with Crippen molar-refractivity contribution in [3.05, 3.63) is 130 Å². The van der Waals surface area contributed by atoms with Crippen molar-refractivity contribution in [1.82, 2.24) is 15.2 Å². The number of hydrogen-bond acceptors (Lipinski definition) is 10. The lowest BCUT2D eigenvalue weighted by molar-refractivity contribution is -0.117. The number of carbonyl (C=O) groups excluding carboxylic acids is 2. The number of ether oxygens (including phenoxy) is 1. The second-order valence-electron chi connectivity index (χ2n) is 11.5. The molecule has 49 heavy (non-hydrogen) atoms. The molecule has 0 radical (unpaired) electrons. The average Bonchev–Trinajstić information content (AvgIpc) is 3.83. The van der Waals surface area contributed by atoms with Crippen LogP contribution in [0.3, 0.4) is 0 Å². The van der Waals surface area contributed by atoms with E-state index in [2.05, 4.69) is 46.4 Å². The summed E-state index contributed by atoms with van der Waals surface area (Å²) in [5.74, 6) is -0.415. The molecule has 0 unspecified atom stereocenters. The lowest BCUT2D eigenvalue weighted by atomic mass is 9.95. The molecule has 8 nitrogen and oxygen atoms in total. The first kappa shape index (κ1) is 32.7. The Morgan fingerprint density at radius 1 is 0.939 bits per heavy atom. The topological polar surface area (TPSA) is 106 Å². The molecule has 1 atom stereocenters. The van der Waals surface area contributed by atoms with Gasteiger partial charge < -0.3 is 9.84 Å². The Morgan fingerprint density at radius 2 is 1.69 bits per heavy atom. The van der Waals surface area contributed by atoms with Crippen LogP contribution in [0.5, 0.6) is 5.75 Å². The summed E-state index contributed by atoms with van der Waals surface area (Å²) >= 11 is 4.02. The highest BCUT2D eigenvalue weighted by atomic mass is 32.2. The summed E-state index contributed by atoms with van der Waals surface area (Å²) in [6, 6.07) is 30.4. The van der Waals surface area contributed by atoms with E-state index in [4.69, 9.17) is 4.74 Å². The molecule has 0 fully saturated rings. The van der Waals surface area contributed by atoms with E-state index < -0.39 is 23.5 Å². The Morgan fingerprint density at radius 3 is 2.49 bits per heavy atom. The van der Waals surface area contributed by atoms with Gasteiger partial charge in [0, 0.05) is 11.3 Å². The van der Waals surface area contributed by atoms with Crippen molar-refractivity contribution in [3.8, 4) is 16.3 Å². The van der Waals surface area contributed by atoms with E-state index in [1.54, 1.807) is 6.92 Å². The minimum Gasteiger partial charge on any atom is -0.503 e. The SMILES string of the molecule is CCCCOc1ccc([C@@H]2C(C(=O)c3sc(-c4ccccc4)nc3C)=C(O)C(=O)N2c2nnc(SCc3cccc4ccccc34)s2)cc1. The number of thiazole rings is 1. The number of aromatic nitrogens is 3. The molecular formula is C38H32N4O4S3. The fourth-order valence-corrected chi connectivity index (χ4v) is 8.68. The van der Waals surface area contributed by atoms with Gasteiger partial charge in [0.1, 0.15) is 10.8 Å². The maximum atomic E-state index is 14.4. The summed E-state index contributed by atoms with van der Waals surface area (Å²) in [5, 5.41) is 23.5. The van der Waals surface area contributed by atoms with Gasteiger partial charge in [-0.2, -0.15) is 0 Å². The van der Waals surface area contributed by atoms with Gasteiger partial charge in [-0.3, -0.25) is 14.5 Å². The lowest BCUT2D eigenvalue weighted by Gasteiger charge is -2.24. The number of aryl methyl sites for hydroxylation is 1. The highest BCUT2D eigenvalue weighted by molar-refractivity contribution is 8.00. The van der Waals surface area contributed by atoms with Crippen LogP contribution in [0.2, 0.25) is 0 Å². The average molecular weight is 705 g/mol. The molecule has 246 valence electrons. The van der Waals surface area contributed by atoms with Crippen LogP contribution in [-0.4, -0.2) is 38.6 Å². The number of anilines is 1. The van der Waals surface area contributed by atoms with Crippen molar-refractivity contribution in [3.63, 3.8) is 0 Å². The van der Waals surface area contributed by atoms with E-state index in [9.17, 15) is 14.7 Å². The highest BCUT2D eigenvalue weighted by Gasteiger charge is 2.46. The summed E-state index contributed by atoms with van der Waals surface area (Å²) in [7, 11) is 0. The van der Waals surface area contributed by atoms with Crippen molar-refractivity contribution in [1.29, 1.82) is 0 Å². The minimum atomic E-state index is -0.935. The van der Waals surface area contributed by atoms with Crippen LogP contribution in [0, 0.1) is 6.92 Å². The van der Waals surface area contributed by atoms with E-state index in [1.807, 2.05) is 72.8 Å². The fourth-order valence-electron chi connectivity index (χ4n) is 5.78. The van der Waals surface area contributed by atoms with Gasteiger partial charge in [0.25, 0.3) is 5.91 Å². The standard InChI is InChI=1S/C38H32N4O4S3/c1-3-4-21-46-28-19-17-25(18-20-28)31-30(32(43)34-23(2)39-35(48-34)26-12-6-5-7-13-26)33(44)36(45)42(31)37-40-41-38(49-37)47-22-27-15-10-14-24-11-8-9-16-29(24)27/h5-20,31,44H,3-4,21-22H2,1-2H3/t31-/m1/s1. The van der Waals surface area contributed by atoms with Gasteiger partial charge in [-0.15, -0.1) is 21.5 Å². The van der Waals surface area contributed by atoms with E-state index in [1.165, 1.54) is 50.3 Å². The molecule has 2 aromatic heterocycles. The molecule has 7 rings (SSSR count). The normalized spacial score (nSPS) is 14.6. The van der Waals surface area contributed by atoms with Crippen molar-refractivity contribution in [2.75, 3.05) is 11.5 Å². The van der Waals surface area contributed by atoms with Crippen LogP contribution in [0.4, 0.5) is 5.13 Å². The van der Waals surface area contributed by atoms with E-state index in [0.29, 0.717) is 48.7 Å². The second-order valence-corrected chi connectivity index (χ2v) is 14.7. The number of ketones is 1. The predicted molar refractivity (Wildman–Crippen MR) is 197 cm³/mol. The van der Waals surface area contributed by atoms with E-state index in [-0.39, 0.29) is 5.57 Å². The summed E-state index contributed by atoms with van der Waals surface area (Å²) in [6.45, 7) is 4.46. The fraction of sp³-hybridized carbons (Fsp3) is 0.184. The van der Waals surface area contributed by atoms with Crippen LogP contribution in [0.25, 0.3) is 21.3 Å². The predicted octanol–water partition coefficient (Wildman–Crippen LogP) is 9.38. The number of benzene rings is 4. The largest absolute Gasteiger partial charge is 0.503 e. The molecule has 3 heterocycles. The number of aliphatic hydroxyl groups excluding tert-OH is 1. The maximum absolute atomic E-state index is 14.4. The zero-order valence-electron chi connectivity index (χ0n) is 26.8. The number of thioether (sulfide) groups is 1. The number of amides is 1. The quantitative estimate of drug-likeness (QED) is 0.0582. The van der Waals surface area contributed by atoms with Gasteiger partial charge in [0.2, 0.25) is 10.9 Å². The molecule has 0 spiro atoms. The minimum absolute atomic E-state index is 0.0174. The molecule has 0 saturated carbocycles. The third kappa shape index (κ3) is 6.61. The van der Waals surface area contributed by atoms with Crippen LogP contribution in [-0.2, 0) is 10.5 Å². The molecule has 1 aliphatic rings. The third-order valence-corrected chi connectivity index (χ3v) is 11.6.